The molecule has 0 aliphatic carbocycles. The standard InChI is InChI=1S/C9H13F5N2O4/c10-6(11)4-20-2-1-15-8(19)16(3-7(17)18)5-9(12,13)14/h6H,1-5H2,(H,15,19)(H,17,18). The number of alkyl halides is 5. The molecule has 0 aliphatic heterocycles. The molecule has 0 aromatic rings. The van der Waals surface area contributed by atoms with Gasteiger partial charge < -0.3 is 20.1 Å². The Morgan fingerprint density at radius 1 is 1.30 bits per heavy atom. The number of urea groups is 1. The maximum absolute atomic E-state index is 12.1. The van der Waals surface area contributed by atoms with E-state index in [1.807, 2.05) is 5.32 Å². The molecule has 0 radical (unpaired) electrons. The fourth-order valence-electron chi connectivity index (χ4n) is 1.09. The van der Waals surface area contributed by atoms with Crippen LogP contribution < -0.4 is 5.32 Å². The quantitative estimate of drug-likeness (QED) is 0.516. The van der Waals surface area contributed by atoms with Crippen LogP contribution in [0.2, 0.25) is 0 Å². The molecule has 0 unspecified atom stereocenters. The summed E-state index contributed by atoms with van der Waals surface area (Å²) >= 11 is 0. The van der Waals surface area contributed by atoms with Crippen LogP contribution in [-0.2, 0) is 9.53 Å². The van der Waals surface area contributed by atoms with Crippen molar-refractivity contribution < 1.29 is 41.4 Å². The molecule has 6 nitrogen and oxygen atoms in total. The van der Waals surface area contributed by atoms with Gasteiger partial charge in [0.2, 0.25) is 0 Å². The van der Waals surface area contributed by atoms with Gasteiger partial charge in [0.1, 0.15) is 19.7 Å². The Labute approximate surface area is 110 Å². The first-order chi connectivity index (χ1) is 9.11. The summed E-state index contributed by atoms with van der Waals surface area (Å²) in [6.07, 6.45) is -7.45. The molecule has 0 saturated carbocycles. The second kappa shape index (κ2) is 8.51. The average Bonchev–Trinajstić information content (AvgIpc) is 2.24. The van der Waals surface area contributed by atoms with Crippen molar-refractivity contribution in [3.63, 3.8) is 0 Å². The molecular weight excluding hydrogens is 295 g/mol. The summed E-state index contributed by atoms with van der Waals surface area (Å²) in [6.45, 7) is -4.38. The van der Waals surface area contributed by atoms with Crippen molar-refractivity contribution in [2.45, 2.75) is 12.6 Å². The molecule has 118 valence electrons. The van der Waals surface area contributed by atoms with E-state index < -0.39 is 44.3 Å². The number of ether oxygens (including phenoxy) is 1. The Morgan fingerprint density at radius 3 is 2.35 bits per heavy atom. The zero-order valence-corrected chi connectivity index (χ0v) is 10.1. The molecule has 0 aliphatic rings. The normalized spacial score (nSPS) is 11.5. The van der Waals surface area contributed by atoms with Gasteiger partial charge >= 0.3 is 18.2 Å². The minimum Gasteiger partial charge on any atom is -0.480 e. The summed E-state index contributed by atoms with van der Waals surface area (Å²) < 4.78 is 64.1. The predicted octanol–water partition coefficient (Wildman–Crippen LogP) is 0.927. The Balaban J connectivity index is 4.17. The second-order valence-corrected chi connectivity index (χ2v) is 3.56. The van der Waals surface area contributed by atoms with Gasteiger partial charge in [-0.05, 0) is 0 Å². The number of carbonyl (C=O) groups excluding carboxylic acids is 1. The number of nitrogens with one attached hydrogen (secondary N) is 1. The highest BCUT2D eigenvalue weighted by Gasteiger charge is 2.33. The number of nitrogens with zero attached hydrogens (tertiary/aromatic N) is 1. The molecule has 2 N–H and O–H groups in total. The Hall–Kier alpha value is -1.65. The number of halogens is 5. The minimum absolute atomic E-state index is 0.0371. The van der Waals surface area contributed by atoms with E-state index in [1.165, 1.54) is 0 Å². The van der Waals surface area contributed by atoms with E-state index in [4.69, 9.17) is 5.11 Å². The molecule has 2 amide bonds. The highest BCUT2D eigenvalue weighted by Crippen LogP contribution is 2.16. The van der Waals surface area contributed by atoms with Gasteiger partial charge in [-0.2, -0.15) is 13.2 Å². The van der Waals surface area contributed by atoms with Crippen LogP contribution in [0.1, 0.15) is 0 Å². The van der Waals surface area contributed by atoms with Gasteiger partial charge in [-0.25, -0.2) is 13.6 Å². The third kappa shape index (κ3) is 10.3. The molecule has 0 aromatic heterocycles. The molecule has 20 heavy (non-hydrogen) atoms. The van der Waals surface area contributed by atoms with Crippen LogP contribution in [0.25, 0.3) is 0 Å². The summed E-state index contributed by atoms with van der Waals surface area (Å²) in [5.41, 5.74) is 0. The number of amides is 2. The van der Waals surface area contributed by atoms with E-state index >= 15 is 0 Å². The Kier molecular flexibility index (Phi) is 7.80. The van der Waals surface area contributed by atoms with Gasteiger partial charge in [-0.1, -0.05) is 0 Å². The number of rotatable bonds is 8. The van der Waals surface area contributed by atoms with Crippen molar-refractivity contribution in [2.24, 2.45) is 0 Å². The predicted molar refractivity (Wildman–Crippen MR) is 55.5 cm³/mol. The summed E-state index contributed by atoms with van der Waals surface area (Å²) in [5.74, 6) is -1.61. The number of carboxylic acids is 1. The number of aliphatic carboxylic acids is 1. The Morgan fingerprint density at radius 2 is 1.90 bits per heavy atom. The van der Waals surface area contributed by atoms with E-state index in [9.17, 15) is 31.5 Å². The van der Waals surface area contributed by atoms with Gasteiger partial charge in [-0.3, -0.25) is 4.79 Å². The van der Waals surface area contributed by atoms with Crippen LogP contribution in [0.15, 0.2) is 0 Å². The van der Waals surface area contributed by atoms with E-state index in [0.29, 0.717) is 0 Å². The summed E-state index contributed by atoms with van der Waals surface area (Å²) in [7, 11) is 0. The van der Waals surface area contributed by atoms with Gasteiger partial charge in [0.25, 0.3) is 6.43 Å². The first-order valence-corrected chi connectivity index (χ1v) is 5.29. The zero-order valence-electron chi connectivity index (χ0n) is 10.1. The SMILES string of the molecule is O=C(O)CN(CC(F)(F)F)C(=O)NCCOCC(F)F. The molecule has 0 fully saturated rings. The van der Waals surface area contributed by atoms with Gasteiger partial charge in [0.05, 0.1) is 6.61 Å². The van der Waals surface area contributed by atoms with E-state index in [0.717, 1.165) is 0 Å². The van der Waals surface area contributed by atoms with Crippen molar-refractivity contribution >= 4 is 12.0 Å². The van der Waals surface area contributed by atoms with E-state index in [1.54, 1.807) is 0 Å². The van der Waals surface area contributed by atoms with Crippen LogP contribution in [0.3, 0.4) is 0 Å². The van der Waals surface area contributed by atoms with Crippen molar-refractivity contribution in [3.05, 3.63) is 0 Å². The van der Waals surface area contributed by atoms with Crippen LogP contribution >= 0.6 is 0 Å². The lowest BCUT2D eigenvalue weighted by Crippen LogP contribution is -2.47. The molecule has 0 spiro atoms. The average molecular weight is 308 g/mol. The monoisotopic (exact) mass is 308 g/mol. The highest BCUT2D eigenvalue weighted by molar-refractivity contribution is 5.80. The van der Waals surface area contributed by atoms with Crippen molar-refractivity contribution in [1.29, 1.82) is 0 Å². The fraction of sp³-hybridized carbons (Fsp3) is 0.778. The number of carboxylic acid groups (broad SMARTS) is 1. The van der Waals surface area contributed by atoms with Crippen LogP contribution in [-0.4, -0.2) is 67.5 Å². The second-order valence-electron chi connectivity index (χ2n) is 3.56. The topological polar surface area (TPSA) is 78.9 Å². The van der Waals surface area contributed by atoms with Gasteiger partial charge in [0, 0.05) is 6.54 Å². The lowest BCUT2D eigenvalue weighted by atomic mass is 10.4. The van der Waals surface area contributed by atoms with Crippen LogP contribution in [0, 0.1) is 0 Å². The molecule has 0 rings (SSSR count). The first-order valence-electron chi connectivity index (χ1n) is 5.29. The molecule has 0 aromatic carbocycles. The maximum atomic E-state index is 12.1. The van der Waals surface area contributed by atoms with Gasteiger partial charge in [0.15, 0.2) is 0 Å². The lowest BCUT2D eigenvalue weighted by molar-refractivity contribution is -0.149. The van der Waals surface area contributed by atoms with Crippen molar-refractivity contribution in [1.82, 2.24) is 10.2 Å². The molecular formula is C9H13F5N2O4. The smallest absolute Gasteiger partial charge is 0.406 e. The summed E-state index contributed by atoms with van der Waals surface area (Å²) in [5, 5.41) is 10.3. The highest BCUT2D eigenvalue weighted by atomic mass is 19.4. The summed E-state index contributed by atoms with van der Waals surface area (Å²) in [4.78, 5) is 21.7. The lowest BCUT2D eigenvalue weighted by Gasteiger charge is -2.22. The fourth-order valence-corrected chi connectivity index (χ4v) is 1.09. The Bertz CT molecular complexity index is 324. The first kappa shape index (κ1) is 18.4. The molecule has 0 atom stereocenters. The molecule has 11 heteroatoms. The third-order valence-corrected chi connectivity index (χ3v) is 1.75. The third-order valence-electron chi connectivity index (χ3n) is 1.75. The molecule has 0 heterocycles. The summed E-state index contributed by atoms with van der Waals surface area (Å²) in [6, 6.07) is -1.27. The van der Waals surface area contributed by atoms with E-state index in [2.05, 4.69) is 4.74 Å². The number of hydrogen-bond acceptors (Lipinski definition) is 3. The zero-order chi connectivity index (χ0) is 15.8. The minimum atomic E-state index is -4.75. The van der Waals surface area contributed by atoms with Crippen molar-refractivity contribution in [2.75, 3.05) is 32.8 Å². The van der Waals surface area contributed by atoms with Crippen molar-refractivity contribution in [3.8, 4) is 0 Å². The molecule has 0 bridgehead atoms. The number of carbonyl (C=O) groups is 2. The van der Waals surface area contributed by atoms with E-state index in [-0.39, 0.29) is 18.1 Å². The number of hydrogen-bond donors (Lipinski definition) is 2. The van der Waals surface area contributed by atoms with Crippen LogP contribution in [0.5, 0.6) is 0 Å². The maximum Gasteiger partial charge on any atom is 0.406 e. The van der Waals surface area contributed by atoms with Gasteiger partial charge in [-0.15, -0.1) is 0 Å². The largest absolute Gasteiger partial charge is 0.480 e. The van der Waals surface area contributed by atoms with Crippen LogP contribution in [0.4, 0.5) is 26.7 Å². The molecule has 0 saturated heterocycles.